The fourth-order valence-corrected chi connectivity index (χ4v) is 6.58. The number of fused-ring (bicyclic) bond motifs is 3. The van der Waals surface area contributed by atoms with Crippen molar-refractivity contribution < 1.29 is 14.6 Å². The Labute approximate surface area is 178 Å². The lowest BCUT2D eigenvalue weighted by atomic mass is 9.93. The van der Waals surface area contributed by atoms with Crippen molar-refractivity contribution in [2.45, 2.75) is 66.2 Å². The molecule has 2 aliphatic rings. The second-order valence-electron chi connectivity index (χ2n) is 9.40. The standard InChI is InChI=1S/C25H32O3S/c1-14-11-17(12-15(2)23(14)28-10-6-9-26)7-8-20(27)24-18-13-19-22(25(19,4)5)21(18)16(3)29-24/h11-12,19,22,26H,6-10,13H2,1-5H3/t19-,22-/m1/s1. The third-order valence-corrected chi connectivity index (χ3v) is 8.19. The SMILES string of the molecule is Cc1cc(CCC(=O)c2sc(C)c3c2C[C@@H]2[C@H]3C2(C)C)cc(C)c1OCCCO. The summed E-state index contributed by atoms with van der Waals surface area (Å²) in [4.78, 5) is 15.4. The second kappa shape index (κ2) is 7.55. The van der Waals surface area contributed by atoms with Gasteiger partial charge in [-0.3, -0.25) is 4.79 Å². The molecule has 2 aliphatic carbocycles. The van der Waals surface area contributed by atoms with Crippen molar-refractivity contribution >= 4 is 17.1 Å². The normalized spacial score (nSPS) is 21.0. The van der Waals surface area contributed by atoms with Crippen LogP contribution in [0.5, 0.6) is 5.75 Å². The first-order valence-corrected chi connectivity index (χ1v) is 11.6. The zero-order valence-corrected chi connectivity index (χ0v) is 19.0. The van der Waals surface area contributed by atoms with Crippen LogP contribution in [0.15, 0.2) is 12.1 Å². The highest BCUT2D eigenvalue weighted by molar-refractivity contribution is 7.14. The van der Waals surface area contributed by atoms with E-state index in [0.717, 1.165) is 40.5 Å². The molecule has 4 rings (SSSR count). The maximum Gasteiger partial charge on any atom is 0.173 e. The monoisotopic (exact) mass is 412 g/mol. The Hall–Kier alpha value is -1.65. The molecule has 1 aromatic carbocycles. The van der Waals surface area contributed by atoms with Crippen LogP contribution in [0.2, 0.25) is 0 Å². The van der Waals surface area contributed by atoms with E-state index < -0.39 is 0 Å². The van der Waals surface area contributed by atoms with Gasteiger partial charge in [0.1, 0.15) is 5.75 Å². The minimum Gasteiger partial charge on any atom is -0.493 e. The summed E-state index contributed by atoms with van der Waals surface area (Å²) >= 11 is 1.72. The number of aliphatic hydroxyl groups excluding tert-OH is 1. The predicted molar refractivity (Wildman–Crippen MR) is 119 cm³/mol. The molecule has 3 nitrogen and oxygen atoms in total. The molecule has 1 heterocycles. The summed E-state index contributed by atoms with van der Waals surface area (Å²) in [6.07, 6.45) is 3.06. The number of benzene rings is 1. The van der Waals surface area contributed by atoms with Gasteiger partial charge in [0.25, 0.3) is 0 Å². The largest absolute Gasteiger partial charge is 0.493 e. The van der Waals surface area contributed by atoms with Crippen molar-refractivity contribution in [3.8, 4) is 5.75 Å². The summed E-state index contributed by atoms with van der Waals surface area (Å²) in [5.41, 5.74) is 6.68. The highest BCUT2D eigenvalue weighted by Crippen LogP contribution is 2.71. The summed E-state index contributed by atoms with van der Waals surface area (Å²) in [5.74, 6) is 2.63. The number of aryl methyl sites for hydroxylation is 4. The molecule has 0 radical (unpaired) electrons. The Kier molecular flexibility index (Phi) is 5.37. The van der Waals surface area contributed by atoms with Gasteiger partial charge in [-0.15, -0.1) is 11.3 Å². The van der Waals surface area contributed by atoms with Crippen molar-refractivity contribution in [2.24, 2.45) is 11.3 Å². The van der Waals surface area contributed by atoms with Gasteiger partial charge in [-0.05, 0) is 78.7 Å². The number of ether oxygens (including phenoxy) is 1. The van der Waals surface area contributed by atoms with Crippen LogP contribution < -0.4 is 4.74 Å². The van der Waals surface area contributed by atoms with E-state index in [9.17, 15) is 4.79 Å². The van der Waals surface area contributed by atoms with Gasteiger partial charge in [0.05, 0.1) is 11.5 Å². The third-order valence-electron chi connectivity index (χ3n) is 6.98. The van der Waals surface area contributed by atoms with E-state index in [0.29, 0.717) is 36.6 Å². The van der Waals surface area contributed by atoms with E-state index in [1.54, 1.807) is 11.3 Å². The summed E-state index contributed by atoms with van der Waals surface area (Å²) in [7, 11) is 0. The minimum atomic E-state index is 0.142. The summed E-state index contributed by atoms with van der Waals surface area (Å²) in [6.45, 7) is 11.7. The summed E-state index contributed by atoms with van der Waals surface area (Å²) < 4.78 is 5.82. The minimum absolute atomic E-state index is 0.142. The van der Waals surface area contributed by atoms with E-state index in [-0.39, 0.29) is 6.61 Å². The Morgan fingerprint density at radius 1 is 1.24 bits per heavy atom. The first-order valence-electron chi connectivity index (χ1n) is 10.7. The number of thiophene rings is 1. The van der Waals surface area contributed by atoms with Crippen LogP contribution in [0.3, 0.4) is 0 Å². The number of aliphatic hydroxyl groups is 1. The van der Waals surface area contributed by atoms with E-state index in [1.807, 2.05) is 0 Å². The Bertz CT molecular complexity index is 930. The van der Waals surface area contributed by atoms with Crippen molar-refractivity contribution in [1.82, 2.24) is 0 Å². The van der Waals surface area contributed by atoms with E-state index in [2.05, 4.69) is 46.8 Å². The van der Waals surface area contributed by atoms with Crippen LogP contribution in [0.25, 0.3) is 0 Å². The van der Waals surface area contributed by atoms with Crippen LogP contribution in [0.1, 0.15) is 75.0 Å². The van der Waals surface area contributed by atoms with Crippen LogP contribution in [0.4, 0.5) is 0 Å². The lowest BCUT2D eigenvalue weighted by Gasteiger charge is -2.14. The van der Waals surface area contributed by atoms with Gasteiger partial charge in [0, 0.05) is 24.3 Å². The highest BCUT2D eigenvalue weighted by Gasteiger charge is 2.63. The van der Waals surface area contributed by atoms with E-state index in [1.165, 1.54) is 21.6 Å². The molecular formula is C25H32O3S. The molecule has 0 spiro atoms. The fourth-order valence-electron chi connectivity index (χ4n) is 5.38. The molecule has 0 unspecified atom stereocenters. The third kappa shape index (κ3) is 3.55. The molecule has 1 N–H and O–H groups in total. The number of ketones is 1. The average Bonchev–Trinajstić information content (AvgIpc) is 3.00. The molecule has 0 bridgehead atoms. The molecule has 1 aromatic heterocycles. The number of carbonyl (C=O) groups excluding carboxylic acids is 1. The first kappa shape index (κ1) is 20.6. The maximum absolute atomic E-state index is 13.0. The van der Waals surface area contributed by atoms with Gasteiger partial charge in [-0.25, -0.2) is 0 Å². The summed E-state index contributed by atoms with van der Waals surface area (Å²) in [5, 5.41) is 8.93. The molecule has 0 aliphatic heterocycles. The average molecular weight is 413 g/mol. The van der Waals surface area contributed by atoms with E-state index >= 15 is 0 Å². The van der Waals surface area contributed by atoms with E-state index in [4.69, 9.17) is 9.84 Å². The number of rotatable bonds is 8. The topological polar surface area (TPSA) is 46.5 Å². The number of carbonyl (C=O) groups is 1. The Balaban J connectivity index is 1.44. The van der Waals surface area contributed by atoms with Crippen molar-refractivity contribution in [1.29, 1.82) is 0 Å². The van der Waals surface area contributed by atoms with Crippen molar-refractivity contribution in [2.75, 3.05) is 13.2 Å². The lowest BCUT2D eigenvalue weighted by molar-refractivity contribution is 0.0985. The number of hydrogen-bond donors (Lipinski definition) is 1. The van der Waals surface area contributed by atoms with Crippen molar-refractivity contribution in [3.05, 3.63) is 49.7 Å². The quantitative estimate of drug-likeness (QED) is 0.457. The van der Waals surface area contributed by atoms with Gasteiger partial charge >= 0.3 is 0 Å². The molecule has 1 fully saturated rings. The van der Waals surface area contributed by atoms with Crippen LogP contribution in [0, 0.1) is 32.1 Å². The molecule has 0 amide bonds. The van der Waals surface area contributed by atoms with Crippen molar-refractivity contribution in [3.63, 3.8) is 0 Å². The zero-order chi connectivity index (χ0) is 20.9. The maximum atomic E-state index is 13.0. The van der Waals surface area contributed by atoms with Gasteiger partial charge in [0.2, 0.25) is 0 Å². The van der Waals surface area contributed by atoms with Crippen LogP contribution in [-0.4, -0.2) is 24.1 Å². The summed E-state index contributed by atoms with van der Waals surface area (Å²) in [6, 6.07) is 4.27. The first-order chi connectivity index (χ1) is 13.8. The number of hydrogen-bond acceptors (Lipinski definition) is 4. The van der Waals surface area contributed by atoms with Gasteiger partial charge in [0.15, 0.2) is 5.78 Å². The fraction of sp³-hybridized carbons (Fsp3) is 0.560. The smallest absolute Gasteiger partial charge is 0.173 e. The Morgan fingerprint density at radius 2 is 1.93 bits per heavy atom. The molecule has 2 aromatic rings. The molecule has 1 saturated carbocycles. The molecule has 0 saturated heterocycles. The molecule has 4 heteroatoms. The van der Waals surface area contributed by atoms with Gasteiger partial charge in [-0.2, -0.15) is 0 Å². The highest BCUT2D eigenvalue weighted by atomic mass is 32.1. The lowest BCUT2D eigenvalue weighted by Crippen LogP contribution is -2.06. The molecule has 2 atom stereocenters. The van der Waals surface area contributed by atoms with Crippen LogP contribution in [-0.2, 0) is 12.8 Å². The number of Topliss-reactive ketones (excluding diaryl/α,β-unsaturated/α-hetero) is 1. The van der Waals surface area contributed by atoms with Gasteiger partial charge < -0.3 is 9.84 Å². The molecule has 29 heavy (non-hydrogen) atoms. The predicted octanol–water partition coefficient (Wildman–Crippen LogP) is 5.55. The molecule has 156 valence electrons. The second-order valence-corrected chi connectivity index (χ2v) is 10.6. The van der Waals surface area contributed by atoms with Gasteiger partial charge in [-0.1, -0.05) is 26.0 Å². The van der Waals surface area contributed by atoms with Crippen LogP contribution >= 0.6 is 11.3 Å². The zero-order valence-electron chi connectivity index (χ0n) is 18.2. The molecular weight excluding hydrogens is 380 g/mol. The Morgan fingerprint density at radius 3 is 2.59 bits per heavy atom.